The average Bonchev–Trinajstić information content (AvgIpc) is 2.81. The van der Waals surface area contributed by atoms with Crippen molar-refractivity contribution in [1.29, 1.82) is 0 Å². The Labute approximate surface area is 194 Å². The molecule has 0 fully saturated rings. The Kier molecular flexibility index (Phi) is 8.99. The van der Waals surface area contributed by atoms with E-state index in [4.69, 9.17) is 9.47 Å². The first-order chi connectivity index (χ1) is 16.1. The summed E-state index contributed by atoms with van der Waals surface area (Å²) in [4.78, 5) is 37.1. The number of amides is 1. The van der Waals surface area contributed by atoms with E-state index < -0.39 is 41.0 Å². The molecule has 0 spiro atoms. The summed E-state index contributed by atoms with van der Waals surface area (Å²) in [5.41, 5.74) is -0.192. The first-order valence-corrected chi connectivity index (χ1v) is 10.5. The van der Waals surface area contributed by atoms with Crippen LogP contribution in [0, 0.1) is 16.0 Å². The number of nitro groups is 1. The zero-order valence-corrected chi connectivity index (χ0v) is 18.8. The van der Waals surface area contributed by atoms with Crippen LogP contribution in [-0.4, -0.2) is 42.7 Å². The van der Waals surface area contributed by atoms with Crippen molar-refractivity contribution >= 4 is 17.6 Å². The number of anilines is 1. The largest absolute Gasteiger partial charge is 0.497 e. The predicted molar refractivity (Wildman–Crippen MR) is 117 cm³/mol. The van der Waals surface area contributed by atoms with Crippen LogP contribution >= 0.6 is 0 Å². The Balaban J connectivity index is 2.82. The Morgan fingerprint density at radius 2 is 1.65 bits per heavy atom. The van der Waals surface area contributed by atoms with Gasteiger partial charge in [-0.1, -0.05) is 37.3 Å². The Bertz CT molecular complexity index is 982. The van der Waals surface area contributed by atoms with Crippen LogP contribution in [0.4, 0.5) is 18.9 Å². The average molecular weight is 482 g/mol. The molecule has 2 aromatic carbocycles. The van der Waals surface area contributed by atoms with E-state index in [1.807, 2.05) is 0 Å². The molecular weight excluding hydrogens is 457 g/mol. The number of esters is 1. The molecule has 0 radical (unpaired) electrons. The van der Waals surface area contributed by atoms with Crippen molar-refractivity contribution in [2.45, 2.75) is 38.5 Å². The van der Waals surface area contributed by atoms with Crippen molar-refractivity contribution in [3.8, 4) is 5.75 Å². The molecule has 0 aliphatic heterocycles. The Morgan fingerprint density at radius 3 is 2.09 bits per heavy atom. The molecule has 11 heteroatoms. The third-order valence-electron chi connectivity index (χ3n) is 5.24. The van der Waals surface area contributed by atoms with Gasteiger partial charge in [0, 0.05) is 10.6 Å². The van der Waals surface area contributed by atoms with Crippen molar-refractivity contribution in [2.24, 2.45) is 5.92 Å². The molecule has 0 aliphatic carbocycles. The molecule has 0 bridgehead atoms. The highest BCUT2D eigenvalue weighted by Crippen LogP contribution is 2.39. The van der Waals surface area contributed by atoms with E-state index in [0.29, 0.717) is 10.6 Å². The van der Waals surface area contributed by atoms with Gasteiger partial charge < -0.3 is 9.47 Å². The number of hydrogen-bond donors (Lipinski definition) is 0. The van der Waals surface area contributed by atoms with E-state index in [1.165, 1.54) is 69.5 Å². The summed E-state index contributed by atoms with van der Waals surface area (Å²) in [5.74, 6) is -4.34. The topological polar surface area (TPSA) is 99.0 Å². The fourth-order valence-corrected chi connectivity index (χ4v) is 3.71. The number of alkyl halides is 3. The van der Waals surface area contributed by atoms with Crippen LogP contribution in [0.3, 0.4) is 0 Å². The lowest BCUT2D eigenvalue weighted by Crippen LogP contribution is -2.52. The van der Waals surface area contributed by atoms with Gasteiger partial charge in [0.1, 0.15) is 17.7 Å². The van der Waals surface area contributed by atoms with Gasteiger partial charge in [-0.2, -0.15) is 13.2 Å². The van der Waals surface area contributed by atoms with Gasteiger partial charge in [-0.05, 0) is 43.2 Å². The molecule has 0 aromatic heterocycles. The van der Waals surface area contributed by atoms with Crippen molar-refractivity contribution in [3.05, 3.63) is 70.3 Å². The van der Waals surface area contributed by atoms with E-state index in [9.17, 15) is 32.9 Å². The van der Waals surface area contributed by atoms with Gasteiger partial charge in [0.05, 0.1) is 13.7 Å². The molecule has 1 amide bonds. The van der Waals surface area contributed by atoms with Crippen LogP contribution in [0.15, 0.2) is 54.6 Å². The van der Waals surface area contributed by atoms with Crippen LogP contribution in [0.1, 0.15) is 31.9 Å². The highest BCUT2D eigenvalue weighted by atomic mass is 19.4. The lowest BCUT2D eigenvalue weighted by molar-refractivity contribution is -0.534. The van der Waals surface area contributed by atoms with Crippen molar-refractivity contribution in [3.63, 3.8) is 0 Å². The van der Waals surface area contributed by atoms with Gasteiger partial charge in [0.15, 0.2) is 0 Å². The number of rotatable bonds is 10. The maximum absolute atomic E-state index is 13.8. The molecule has 8 nitrogen and oxygen atoms in total. The second kappa shape index (κ2) is 11.5. The number of halogens is 3. The second-order valence-electron chi connectivity index (χ2n) is 7.27. The highest BCUT2D eigenvalue weighted by molar-refractivity contribution is 5.98. The van der Waals surface area contributed by atoms with Crippen LogP contribution in [0.25, 0.3) is 0 Å². The van der Waals surface area contributed by atoms with Gasteiger partial charge in [-0.15, -0.1) is 0 Å². The van der Waals surface area contributed by atoms with Crippen LogP contribution in [0.2, 0.25) is 0 Å². The molecule has 0 aliphatic rings. The first kappa shape index (κ1) is 26.6. The summed E-state index contributed by atoms with van der Waals surface area (Å²) < 4.78 is 51.3. The number of nitrogens with zero attached hydrogens (tertiary/aromatic N) is 2. The van der Waals surface area contributed by atoms with Crippen LogP contribution < -0.4 is 9.64 Å². The standard InChI is InChI=1S/C23H25F3N2O6/c1-4-18(21(29)34-5-2)20(28(31)32)19(15-9-7-6-8-10-15)27(22(30)23(24,25)26)16-11-13-17(33-3)14-12-16/h6-14,18-20H,4-5H2,1-3H3/t18-,19+,20-/m0/s1. The summed E-state index contributed by atoms with van der Waals surface area (Å²) in [6.07, 6.45) is -5.44. The van der Waals surface area contributed by atoms with Gasteiger partial charge >= 0.3 is 18.1 Å². The molecular formula is C23H25F3N2O6. The summed E-state index contributed by atoms with van der Waals surface area (Å²) in [5, 5.41) is 12.3. The van der Waals surface area contributed by atoms with Gasteiger partial charge in [-0.3, -0.25) is 24.6 Å². The molecule has 184 valence electrons. The van der Waals surface area contributed by atoms with E-state index in [0.717, 1.165) is 0 Å². The smallest absolute Gasteiger partial charge is 0.471 e. The van der Waals surface area contributed by atoms with E-state index in [2.05, 4.69) is 0 Å². The fraction of sp³-hybridized carbons (Fsp3) is 0.391. The zero-order chi connectivity index (χ0) is 25.5. The third-order valence-corrected chi connectivity index (χ3v) is 5.24. The van der Waals surface area contributed by atoms with Gasteiger partial charge in [0.25, 0.3) is 6.04 Å². The maximum Gasteiger partial charge on any atom is 0.471 e. The second-order valence-corrected chi connectivity index (χ2v) is 7.27. The van der Waals surface area contributed by atoms with Crippen LogP contribution in [0.5, 0.6) is 5.75 Å². The predicted octanol–water partition coefficient (Wildman–Crippen LogP) is 4.57. The van der Waals surface area contributed by atoms with Crippen molar-refractivity contribution in [1.82, 2.24) is 0 Å². The normalized spacial score (nSPS) is 13.9. The molecule has 0 heterocycles. The molecule has 3 atom stereocenters. The fourth-order valence-electron chi connectivity index (χ4n) is 3.71. The third kappa shape index (κ3) is 6.03. The number of carbonyl (C=O) groups is 2. The lowest BCUT2D eigenvalue weighted by atomic mass is 9.86. The summed E-state index contributed by atoms with van der Waals surface area (Å²) in [6, 6.07) is 8.64. The molecule has 0 N–H and O–H groups in total. The summed E-state index contributed by atoms with van der Waals surface area (Å²) >= 11 is 0. The molecule has 0 saturated carbocycles. The monoisotopic (exact) mass is 482 g/mol. The number of ether oxygens (including phenoxy) is 2. The zero-order valence-electron chi connectivity index (χ0n) is 18.8. The van der Waals surface area contributed by atoms with Gasteiger partial charge in [0.2, 0.25) is 0 Å². The maximum atomic E-state index is 13.8. The Hall–Kier alpha value is -3.63. The minimum atomic E-state index is -5.35. The Morgan fingerprint density at radius 1 is 1.06 bits per heavy atom. The van der Waals surface area contributed by atoms with E-state index in [1.54, 1.807) is 6.07 Å². The molecule has 0 unspecified atom stereocenters. The quantitative estimate of drug-likeness (QED) is 0.280. The number of methoxy groups -OCH3 is 1. The van der Waals surface area contributed by atoms with E-state index >= 15 is 0 Å². The molecule has 2 rings (SSSR count). The summed E-state index contributed by atoms with van der Waals surface area (Å²) in [6.45, 7) is 2.93. The molecule has 34 heavy (non-hydrogen) atoms. The first-order valence-electron chi connectivity index (χ1n) is 10.5. The minimum Gasteiger partial charge on any atom is -0.497 e. The summed E-state index contributed by atoms with van der Waals surface area (Å²) in [7, 11) is 1.36. The van der Waals surface area contributed by atoms with Crippen LogP contribution in [-0.2, 0) is 14.3 Å². The van der Waals surface area contributed by atoms with Crippen molar-refractivity contribution in [2.75, 3.05) is 18.6 Å². The van der Waals surface area contributed by atoms with Crippen molar-refractivity contribution < 1.29 is 37.2 Å². The lowest BCUT2D eigenvalue weighted by Gasteiger charge is -2.36. The SMILES string of the molecule is CCOC(=O)[C@@H](CC)[C@@H]([C@@H](c1ccccc1)N(C(=O)C(F)(F)F)c1ccc(OC)cc1)[N+](=O)[O-]. The molecule has 2 aromatic rings. The number of benzene rings is 2. The van der Waals surface area contributed by atoms with Gasteiger partial charge in [-0.25, -0.2) is 0 Å². The minimum absolute atomic E-state index is 0.0559. The number of hydrogen-bond acceptors (Lipinski definition) is 6. The van der Waals surface area contributed by atoms with E-state index in [-0.39, 0.29) is 24.3 Å². The highest BCUT2D eigenvalue weighted by Gasteiger charge is 2.53. The molecule has 0 saturated heterocycles. The number of carbonyl (C=O) groups excluding carboxylic acids is 2.